The first-order chi connectivity index (χ1) is 16.2. The fraction of sp³-hybridized carbons (Fsp3) is 0.462. The Hall–Kier alpha value is -2.87. The molecule has 0 radical (unpaired) electrons. The number of piperidine rings is 1. The highest BCUT2D eigenvalue weighted by atomic mass is 19.4. The summed E-state index contributed by atoms with van der Waals surface area (Å²) < 4.78 is 38.9. The van der Waals surface area contributed by atoms with Gasteiger partial charge in [0.15, 0.2) is 0 Å². The number of nitrogens with one attached hydrogen (secondary N) is 1. The number of carbonyl (C=O) groups is 2. The average Bonchev–Trinajstić information content (AvgIpc) is 3.21. The Labute approximate surface area is 197 Å². The second-order valence-electron chi connectivity index (χ2n) is 9.14. The number of benzene rings is 2. The van der Waals surface area contributed by atoms with Gasteiger partial charge in [-0.3, -0.25) is 14.5 Å². The van der Waals surface area contributed by atoms with Crippen LogP contribution in [0.15, 0.2) is 48.5 Å². The minimum Gasteiger partial charge on any atom is -0.353 e. The van der Waals surface area contributed by atoms with E-state index in [-0.39, 0.29) is 30.2 Å². The van der Waals surface area contributed by atoms with E-state index < -0.39 is 11.7 Å². The van der Waals surface area contributed by atoms with E-state index >= 15 is 0 Å². The number of para-hydroxylation sites is 1. The number of rotatable bonds is 6. The molecule has 0 aromatic heterocycles. The molecule has 1 unspecified atom stereocenters. The van der Waals surface area contributed by atoms with E-state index in [1.807, 2.05) is 31.2 Å². The summed E-state index contributed by atoms with van der Waals surface area (Å²) in [7, 11) is 0. The predicted octanol–water partition coefficient (Wildman–Crippen LogP) is 4.40. The molecule has 182 valence electrons. The van der Waals surface area contributed by atoms with Gasteiger partial charge in [0.25, 0.3) is 0 Å². The van der Waals surface area contributed by atoms with Crippen molar-refractivity contribution in [3.63, 3.8) is 0 Å². The summed E-state index contributed by atoms with van der Waals surface area (Å²) in [5, 5.41) is 3.10. The monoisotopic (exact) mass is 473 g/mol. The van der Waals surface area contributed by atoms with Crippen molar-refractivity contribution in [3.8, 4) is 0 Å². The van der Waals surface area contributed by atoms with Crippen LogP contribution in [0.3, 0.4) is 0 Å². The van der Waals surface area contributed by atoms with E-state index in [4.69, 9.17) is 0 Å². The first-order valence-corrected chi connectivity index (χ1v) is 11.8. The molecule has 1 atom stereocenters. The molecule has 2 saturated heterocycles. The third kappa shape index (κ3) is 5.60. The molecule has 1 N–H and O–H groups in total. The maximum atomic E-state index is 13.0. The van der Waals surface area contributed by atoms with Gasteiger partial charge in [-0.1, -0.05) is 43.3 Å². The summed E-state index contributed by atoms with van der Waals surface area (Å²) in [5.74, 6) is -0.501. The number of halogens is 3. The minimum atomic E-state index is -4.34. The molecule has 2 amide bonds. The number of aryl methyl sites for hydroxylation is 1. The zero-order valence-electron chi connectivity index (χ0n) is 19.3. The van der Waals surface area contributed by atoms with E-state index in [0.29, 0.717) is 31.7 Å². The molecule has 2 aromatic rings. The van der Waals surface area contributed by atoms with Gasteiger partial charge in [0.1, 0.15) is 0 Å². The fourth-order valence-corrected chi connectivity index (χ4v) is 4.85. The average molecular weight is 474 g/mol. The Morgan fingerprint density at radius 3 is 2.53 bits per heavy atom. The largest absolute Gasteiger partial charge is 0.416 e. The number of alkyl halides is 3. The van der Waals surface area contributed by atoms with Gasteiger partial charge < -0.3 is 10.2 Å². The van der Waals surface area contributed by atoms with E-state index in [1.54, 1.807) is 11.0 Å². The summed E-state index contributed by atoms with van der Waals surface area (Å²) in [4.78, 5) is 29.3. The third-order valence-electron chi connectivity index (χ3n) is 6.75. The molecule has 5 nitrogen and oxygen atoms in total. The summed E-state index contributed by atoms with van der Waals surface area (Å²) in [6.45, 7) is 4.27. The van der Waals surface area contributed by atoms with Crippen molar-refractivity contribution in [2.24, 2.45) is 5.92 Å². The first-order valence-electron chi connectivity index (χ1n) is 11.8. The van der Waals surface area contributed by atoms with Crippen molar-refractivity contribution in [1.29, 1.82) is 0 Å². The smallest absolute Gasteiger partial charge is 0.353 e. The second-order valence-corrected chi connectivity index (χ2v) is 9.14. The van der Waals surface area contributed by atoms with Crippen LogP contribution in [0, 0.1) is 5.92 Å². The van der Waals surface area contributed by atoms with Crippen molar-refractivity contribution in [3.05, 3.63) is 65.2 Å². The molecule has 8 heteroatoms. The van der Waals surface area contributed by atoms with Crippen LogP contribution in [0.2, 0.25) is 0 Å². The number of hydrogen-bond donors (Lipinski definition) is 1. The lowest BCUT2D eigenvalue weighted by molar-refractivity contribution is -0.137. The number of carbonyl (C=O) groups excluding carboxylic acids is 2. The zero-order chi connectivity index (χ0) is 24.3. The molecule has 2 fully saturated rings. The number of anilines is 1. The maximum Gasteiger partial charge on any atom is 0.416 e. The van der Waals surface area contributed by atoms with Crippen molar-refractivity contribution in [2.75, 3.05) is 24.5 Å². The fourth-order valence-electron chi connectivity index (χ4n) is 4.85. The molecule has 0 spiro atoms. The topological polar surface area (TPSA) is 52.7 Å². The van der Waals surface area contributed by atoms with Crippen molar-refractivity contribution in [2.45, 2.75) is 51.4 Å². The van der Waals surface area contributed by atoms with Crippen LogP contribution in [0.1, 0.15) is 42.9 Å². The Bertz CT molecular complexity index is 1030. The summed E-state index contributed by atoms with van der Waals surface area (Å²) in [6.07, 6.45) is -1.86. The quantitative estimate of drug-likeness (QED) is 0.677. The molecular formula is C26H30F3N3O2. The number of hydrogen-bond acceptors (Lipinski definition) is 3. The Morgan fingerprint density at radius 2 is 1.82 bits per heavy atom. The molecule has 2 aliphatic heterocycles. The normalized spacial score (nSPS) is 20.1. The standard InChI is InChI=1S/C26H30F3N3O2/c1-2-19-7-3-4-9-23(19)32-17-20(15-24(32)33)25(34)30-22-10-12-31(13-11-22)16-18-6-5-8-21(14-18)26(27,28)29/h3-9,14,20,22H,2,10-13,15-17H2,1H3,(H,30,34). The molecule has 34 heavy (non-hydrogen) atoms. The van der Waals surface area contributed by atoms with Crippen molar-refractivity contribution < 1.29 is 22.8 Å². The van der Waals surface area contributed by atoms with Gasteiger partial charge in [-0.15, -0.1) is 0 Å². The molecule has 2 aliphatic rings. The lowest BCUT2D eigenvalue weighted by atomic mass is 10.0. The summed E-state index contributed by atoms with van der Waals surface area (Å²) in [5.41, 5.74) is 1.97. The lowest BCUT2D eigenvalue weighted by Crippen LogP contribution is -2.46. The number of amides is 2. The second kappa shape index (κ2) is 10.2. The Balaban J connectivity index is 1.28. The third-order valence-corrected chi connectivity index (χ3v) is 6.75. The molecule has 2 heterocycles. The van der Waals surface area contributed by atoms with Crippen LogP contribution >= 0.6 is 0 Å². The van der Waals surface area contributed by atoms with Crippen LogP contribution in [-0.2, 0) is 28.7 Å². The van der Waals surface area contributed by atoms with Crippen LogP contribution < -0.4 is 10.2 Å². The lowest BCUT2D eigenvalue weighted by Gasteiger charge is -2.33. The van der Waals surface area contributed by atoms with Crippen LogP contribution in [-0.4, -0.2) is 42.4 Å². The predicted molar refractivity (Wildman–Crippen MR) is 124 cm³/mol. The van der Waals surface area contributed by atoms with Crippen molar-refractivity contribution in [1.82, 2.24) is 10.2 Å². The molecular weight excluding hydrogens is 443 g/mol. The Kier molecular flexibility index (Phi) is 7.26. The van der Waals surface area contributed by atoms with Gasteiger partial charge in [-0.25, -0.2) is 0 Å². The highest BCUT2D eigenvalue weighted by molar-refractivity contribution is 6.00. The van der Waals surface area contributed by atoms with Crippen molar-refractivity contribution >= 4 is 17.5 Å². The molecule has 0 saturated carbocycles. The summed E-state index contributed by atoms with van der Waals surface area (Å²) >= 11 is 0. The first kappa shape index (κ1) is 24.3. The SMILES string of the molecule is CCc1ccccc1N1CC(C(=O)NC2CCN(Cc3cccc(C(F)(F)F)c3)CC2)CC1=O. The molecule has 0 bridgehead atoms. The van der Waals surface area contributed by atoms with E-state index in [2.05, 4.69) is 10.2 Å². The van der Waals surface area contributed by atoms with Gasteiger partial charge in [0.05, 0.1) is 11.5 Å². The summed E-state index contributed by atoms with van der Waals surface area (Å²) in [6, 6.07) is 13.2. The highest BCUT2D eigenvalue weighted by Gasteiger charge is 2.37. The van der Waals surface area contributed by atoms with Gasteiger partial charge in [0.2, 0.25) is 11.8 Å². The van der Waals surface area contributed by atoms with Gasteiger partial charge in [-0.05, 0) is 42.5 Å². The Morgan fingerprint density at radius 1 is 1.09 bits per heavy atom. The van der Waals surface area contributed by atoms with Crippen LogP contribution in [0.5, 0.6) is 0 Å². The highest BCUT2D eigenvalue weighted by Crippen LogP contribution is 2.31. The van der Waals surface area contributed by atoms with Gasteiger partial charge in [0, 0.05) is 44.3 Å². The molecule has 4 rings (SSSR count). The van der Waals surface area contributed by atoms with E-state index in [1.165, 1.54) is 12.1 Å². The van der Waals surface area contributed by atoms with Gasteiger partial charge >= 0.3 is 6.18 Å². The molecule has 2 aromatic carbocycles. The number of likely N-dealkylation sites (tertiary alicyclic amines) is 1. The number of nitrogens with zero attached hydrogens (tertiary/aromatic N) is 2. The zero-order valence-corrected chi connectivity index (χ0v) is 19.3. The van der Waals surface area contributed by atoms with Crippen LogP contribution in [0.4, 0.5) is 18.9 Å². The maximum absolute atomic E-state index is 13.0. The van der Waals surface area contributed by atoms with E-state index in [0.717, 1.165) is 36.6 Å². The van der Waals surface area contributed by atoms with E-state index in [9.17, 15) is 22.8 Å². The van der Waals surface area contributed by atoms with Gasteiger partial charge in [-0.2, -0.15) is 13.2 Å². The minimum absolute atomic E-state index is 0.0114. The molecule has 0 aliphatic carbocycles. The van der Waals surface area contributed by atoms with Crippen LogP contribution in [0.25, 0.3) is 0 Å².